The number of likely N-dealkylation sites (N-methyl/N-ethyl adjacent to an activating group) is 1. The van der Waals surface area contributed by atoms with E-state index in [4.69, 9.17) is 9.97 Å². The van der Waals surface area contributed by atoms with E-state index in [1.165, 1.54) is 5.56 Å². The summed E-state index contributed by atoms with van der Waals surface area (Å²) in [5.74, 6) is 1.88. The summed E-state index contributed by atoms with van der Waals surface area (Å²) in [6, 6.07) is 17.1. The molecule has 1 aromatic heterocycles. The van der Waals surface area contributed by atoms with Crippen LogP contribution in [0.1, 0.15) is 33.3 Å². The van der Waals surface area contributed by atoms with E-state index >= 15 is 0 Å². The smallest absolute Gasteiger partial charge is 0.162 e. The monoisotopic (exact) mass is 374 g/mol. The Morgan fingerprint density at radius 3 is 2.18 bits per heavy atom. The molecule has 0 spiro atoms. The first-order valence-corrected chi connectivity index (χ1v) is 10.3. The zero-order valence-electron chi connectivity index (χ0n) is 17.4. The molecule has 1 aliphatic rings. The van der Waals surface area contributed by atoms with E-state index < -0.39 is 0 Å². The van der Waals surface area contributed by atoms with Crippen molar-refractivity contribution < 1.29 is 0 Å². The van der Waals surface area contributed by atoms with Gasteiger partial charge in [0.05, 0.1) is 5.52 Å². The predicted molar refractivity (Wildman–Crippen MR) is 118 cm³/mol. The zero-order valence-corrected chi connectivity index (χ0v) is 17.4. The molecule has 4 nitrogen and oxygen atoms in total. The fourth-order valence-corrected chi connectivity index (χ4v) is 3.83. The van der Waals surface area contributed by atoms with Crippen LogP contribution in [-0.4, -0.2) is 47.6 Å². The molecule has 146 valence electrons. The van der Waals surface area contributed by atoms with Crippen molar-refractivity contribution in [3.8, 4) is 11.4 Å². The number of fused-ring (bicyclic) bond motifs is 1. The van der Waals surface area contributed by atoms with E-state index in [1.807, 2.05) is 0 Å². The summed E-state index contributed by atoms with van der Waals surface area (Å²) in [5, 5.41) is 1.14. The minimum absolute atomic E-state index is 0.146. The van der Waals surface area contributed by atoms with Crippen LogP contribution in [0.15, 0.2) is 48.5 Å². The topological polar surface area (TPSA) is 32.3 Å². The van der Waals surface area contributed by atoms with Crippen LogP contribution in [0.4, 0.5) is 5.82 Å². The van der Waals surface area contributed by atoms with E-state index in [-0.39, 0.29) is 5.41 Å². The molecule has 0 unspecified atom stereocenters. The van der Waals surface area contributed by atoms with Gasteiger partial charge in [0.1, 0.15) is 5.82 Å². The van der Waals surface area contributed by atoms with Gasteiger partial charge >= 0.3 is 0 Å². The number of piperazine rings is 1. The van der Waals surface area contributed by atoms with Gasteiger partial charge in [0.2, 0.25) is 0 Å². The van der Waals surface area contributed by atoms with Crippen LogP contribution >= 0.6 is 0 Å². The molecular formula is C24H30N4. The number of benzene rings is 2. The molecule has 0 amide bonds. The lowest BCUT2D eigenvalue weighted by Crippen LogP contribution is -2.46. The van der Waals surface area contributed by atoms with Crippen molar-refractivity contribution in [2.24, 2.45) is 0 Å². The van der Waals surface area contributed by atoms with E-state index in [0.29, 0.717) is 0 Å². The lowest BCUT2D eigenvalue weighted by atomic mass is 9.87. The van der Waals surface area contributed by atoms with Crippen LogP contribution in [-0.2, 0) is 5.41 Å². The lowest BCUT2D eigenvalue weighted by molar-refractivity contribution is 0.271. The molecule has 1 saturated heterocycles. The summed E-state index contributed by atoms with van der Waals surface area (Å²) < 4.78 is 0. The largest absolute Gasteiger partial charge is 0.353 e. The van der Waals surface area contributed by atoms with Gasteiger partial charge in [-0.15, -0.1) is 0 Å². The average molecular weight is 375 g/mol. The second-order valence-electron chi connectivity index (χ2n) is 8.64. The first kappa shape index (κ1) is 18.9. The minimum Gasteiger partial charge on any atom is -0.353 e. The zero-order chi connectivity index (χ0) is 19.7. The number of hydrogen-bond donors (Lipinski definition) is 0. The van der Waals surface area contributed by atoms with Gasteiger partial charge in [0.25, 0.3) is 0 Å². The average Bonchev–Trinajstić information content (AvgIpc) is 2.72. The Hall–Kier alpha value is -2.46. The number of para-hydroxylation sites is 1. The molecule has 3 aromatic rings. The Morgan fingerprint density at radius 1 is 0.857 bits per heavy atom. The number of hydrogen-bond acceptors (Lipinski definition) is 4. The molecule has 1 fully saturated rings. The molecular weight excluding hydrogens is 344 g/mol. The lowest BCUT2D eigenvalue weighted by Gasteiger charge is -2.35. The van der Waals surface area contributed by atoms with Crippen molar-refractivity contribution in [3.63, 3.8) is 0 Å². The number of anilines is 1. The Kier molecular flexibility index (Phi) is 5.07. The summed E-state index contributed by atoms with van der Waals surface area (Å²) in [4.78, 5) is 14.8. The second kappa shape index (κ2) is 7.51. The van der Waals surface area contributed by atoms with Gasteiger partial charge in [-0.25, -0.2) is 9.97 Å². The van der Waals surface area contributed by atoms with Crippen molar-refractivity contribution >= 4 is 16.7 Å². The number of rotatable bonds is 3. The van der Waals surface area contributed by atoms with Crippen molar-refractivity contribution in [3.05, 3.63) is 54.1 Å². The van der Waals surface area contributed by atoms with Gasteiger partial charge in [0, 0.05) is 37.1 Å². The van der Waals surface area contributed by atoms with Crippen LogP contribution in [0.5, 0.6) is 0 Å². The first-order chi connectivity index (χ1) is 13.5. The Morgan fingerprint density at radius 2 is 1.54 bits per heavy atom. The highest BCUT2D eigenvalue weighted by atomic mass is 15.3. The van der Waals surface area contributed by atoms with E-state index in [0.717, 1.165) is 60.8 Å². The Balaban J connectivity index is 1.74. The van der Waals surface area contributed by atoms with Crippen molar-refractivity contribution in [2.75, 3.05) is 37.6 Å². The van der Waals surface area contributed by atoms with Crippen LogP contribution in [0.25, 0.3) is 22.3 Å². The van der Waals surface area contributed by atoms with Crippen LogP contribution in [0.2, 0.25) is 0 Å². The maximum Gasteiger partial charge on any atom is 0.162 e. The highest BCUT2D eigenvalue weighted by Gasteiger charge is 2.20. The molecule has 0 radical (unpaired) electrons. The van der Waals surface area contributed by atoms with Gasteiger partial charge in [-0.3, -0.25) is 0 Å². The molecule has 0 atom stereocenters. The van der Waals surface area contributed by atoms with Gasteiger partial charge in [-0.1, -0.05) is 64.1 Å². The van der Waals surface area contributed by atoms with Gasteiger partial charge in [-0.2, -0.15) is 0 Å². The van der Waals surface area contributed by atoms with Crippen molar-refractivity contribution in [1.82, 2.24) is 14.9 Å². The van der Waals surface area contributed by atoms with Crippen molar-refractivity contribution in [1.29, 1.82) is 0 Å². The van der Waals surface area contributed by atoms with Gasteiger partial charge < -0.3 is 9.80 Å². The summed E-state index contributed by atoms with van der Waals surface area (Å²) in [6.45, 7) is 14.3. The fourth-order valence-electron chi connectivity index (χ4n) is 3.83. The Labute approximate surface area is 168 Å². The third-order valence-corrected chi connectivity index (χ3v) is 5.71. The third kappa shape index (κ3) is 3.74. The quantitative estimate of drug-likeness (QED) is 0.663. The van der Waals surface area contributed by atoms with Crippen LogP contribution in [0.3, 0.4) is 0 Å². The summed E-state index contributed by atoms with van der Waals surface area (Å²) in [7, 11) is 0. The maximum absolute atomic E-state index is 5.03. The van der Waals surface area contributed by atoms with E-state index in [1.54, 1.807) is 0 Å². The highest BCUT2D eigenvalue weighted by Crippen LogP contribution is 2.30. The molecule has 0 bridgehead atoms. The van der Waals surface area contributed by atoms with Crippen molar-refractivity contribution in [2.45, 2.75) is 33.1 Å². The molecule has 2 aromatic carbocycles. The SMILES string of the molecule is CCN1CCN(c2nc(-c3ccc(C(C)(C)C)cc3)nc3ccccc23)CC1. The van der Waals surface area contributed by atoms with Gasteiger partial charge in [0.15, 0.2) is 5.82 Å². The van der Waals surface area contributed by atoms with Crippen LogP contribution < -0.4 is 4.90 Å². The number of aromatic nitrogens is 2. The summed E-state index contributed by atoms with van der Waals surface area (Å²) >= 11 is 0. The molecule has 1 aliphatic heterocycles. The Bertz CT molecular complexity index is 948. The summed E-state index contributed by atoms with van der Waals surface area (Å²) in [5.41, 5.74) is 3.56. The van der Waals surface area contributed by atoms with E-state index in [2.05, 4.69) is 86.0 Å². The highest BCUT2D eigenvalue weighted by molar-refractivity contribution is 5.91. The maximum atomic E-state index is 5.03. The van der Waals surface area contributed by atoms with E-state index in [9.17, 15) is 0 Å². The molecule has 28 heavy (non-hydrogen) atoms. The second-order valence-corrected chi connectivity index (χ2v) is 8.64. The molecule has 0 aliphatic carbocycles. The number of nitrogens with zero attached hydrogens (tertiary/aromatic N) is 4. The summed E-state index contributed by atoms with van der Waals surface area (Å²) in [6.07, 6.45) is 0. The minimum atomic E-state index is 0.146. The molecule has 4 rings (SSSR count). The molecule has 0 saturated carbocycles. The molecule has 2 heterocycles. The fraction of sp³-hybridized carbons (Fsp3) is 0.417. The predicted octanol–water partition coefficient (Wildman–Crippen LogP) is 4.74. The molecule has 4 heteroatoms. The third-order valence-electron chi connectivity index (χ3n) is 5.71. The first-order valence-electron chi connectivity index (χ1n) is 10.3. The standard InChI is InChI=1S/C24H30N4/c1-5-27-14-16-28(17-15-27)23-20-8-6-7-9-21(20)25-22(26-23)18-10-12-19(13-11-18)24(2,3)4/h6-13H,5,14-17H2,1-4H3. The van der Waals surface area contributed by atoms with Crippen LogP contribution in [0, 0.1) is 0 Å². The molecule has 0 N–H and O–H groups in total. The van der Waals surface area contributed by atoms with Gasteiger partial charge in [-0.05, 0) is 29.7 Å². The normalized spacial score (nSPS) is 15.9.